The van der Waals surface area contributed by atoms with E-state index in [0.29, 0.717) is 16.9 Å². The Bertz CT molecular complexity index is 626. The van der Waals surface area contributed by atoms with Crippen LogP contribution in [0.1, 0.15) is 18.9 Å². The lowest BCUT2D eigenvalue weighted by atomic mass is 10.2. The molecule has 1 aliphatic rings. The van der Waals surface area contributed by atoms with Gasteiger partial charge in [-0.25, -0.2) is 0 Å². The average Bonchev–Trinajstić information content (AvgIpc) is 3.05. The number of aromatic nitrogens is 1. The van der Waals surface area contributed by atoms with Gasteiger partial charge in [0.05, 0.1) is 5.52 Å². The summed E-state index contributed by atoms with van der Waals surface area (Å²) in [5.41, 5.74) is 0.549. The van der Waals surface area contributed by atoms with E-state index in [9.17, 15) is 15.0 Å². The van der Waals surface area contributed by atoms with Crippen molar-refractivity contribution in [2.45, 2.75) is 18.9 Å². The molecule has 1 fully saturated rings. The summed E-state index contributed by atoms with van der Waals surface area (Å²) >= 11 is 0. The smallest absolute Gasteiger partial charge is 0.189 e. The number of benzene rings is 1. The molecule has 4 heteroatoms. The molecular formula is C12H11NO3. The third-order valence-electron chi connectivity index (χ3n) is 2.96. The van der Waals surface area contributed by atoms with Crippen molar-refractivity contribution in [1.29, 1.82) is 0 Å². The van der Waals surface area contributed by atoms with Gasteiger partial charge in [0.1, 0.15) is 0 Å². The van der Waals surface area contributed by atoms with Crippen molar-refractivity contribution in [2.75, 3.05) is 0 Å². The van der Waals surface area contributed by atoms with Gasteiger partial charge >= 0.3 is 0 Å². The van der Waals surface area contributed by atoms with Gasteiger partial charge in [0.25, 0.3) is 0 Å². The second kappa shape index (κ2) is 3.01. The van der Waals surface area contributed by atoms with Crippen LogP contribution in [0.5, 0.6) is 11.5 Å². The van der Waals surface area contributed by atoms with Crippen molar-refractivity contribution >= 4 is 10.9 Å². The first-order valence-electron chi connectivity index (χ1n) is 5.23. The Morgan fingerprint density at radius 1 is 1.19 bits per heavy atom. The quantitative estimate of drug-likeness (QED) is 0.715. The van der Waals surface area contributed by atoms with Gasteiger partial charge < -0.3 is 14.8 Å². The Kier molecular flexibility index (Phi) is 1.74. The van der Waals surface area contributed by atoms with Crippen molar-refractivity contribution in [2.24, 2.45) is 0 Å². The average molecular weight is 217 g/mol. The Morgan fingerprint density at radius 3 is 2.56 bits per heavy atom. The topological polar surface area (TPSA) is 62.5 Å². The number of hydrogen-bond acceptors (Lipinski definition) is 3. The van der Waals surface area contributed by atoms with E-state index in [1.54, 1.807) is 6.20 Å². The number of aromatic hydroxyl groups is 2. The molecule has 1 aromatic carbocycles. The Hall–Kier alpha value is -1.97. The Morgan fingerprint density at radius 2 is 1.88 bits per heavy atom. The highest BCUT2D eigenvalue weighted by Crippen LogP contribution is 2.38. The van der Waals surface area contributed by atoms with E-state index < -0.39 is 0 Å². The minimum atomic E-state index is -0.252. The standard InChI is InChI=1S/C12H11NO3/c14-10-3-4-13(7-1-2-7)9-6-12(16)11(15)5-8(9)10/h3-7,15-16H,1-2H2. The van der Waals surface area contributed by atoms with Crippen LogP contribution >= 0.6 is 0 Å². The number of phenols is 2. The maximum Gasteiger partial charge on any atom is 0.189 e. The summed E-state index contributed by atoms with van der Waals surface area (Å²) in [5.74, 6) is -0.439. The van der Waals surface area contributed by atoms with Gasteiger partial charge in [-0.15, -0.1) is 0 Å². The monoisotopic (exact) mass is 217 g/mol. The van der Waals surface area contributed by atoms with E-state index in [2.05, 4.69) is 0 Å². The molecule has 1 heterocycles. The molecule has 0 bridgehead atoms. The number of pyridine rings is 1. The summed E-state index contributed by atoms with van der Waals surface area (Å²) < 4.78 is 1.98. The zero-order chi connectivity index (χ0) is 11.3. The lowest BCUT2D eigenvalue weighted by Gasteiger charge is -2.10. The fraction of sp³-hybridized carbons (Fsp3) is 0.250. The largest absolute Gasteiger partial charge is 0.504 e. The molecule has 1 aliphatic carbocycles. The maximum atomic E-state index is 11.6. The highest BCUT2D eigenvalue weighted by molar-refractivity contribution is 5.82. The van der Waals surface area contributed by atoms with Crippen LogP contribution in [0.2, 0.25) is 0 Å². The summed E-state index contributed by atoms with van der Waals surface area (Å²) in [5, 5.41) is 19.3. The third kappa shape index (κ3) is 1.26. The second-order valence-corrected chi connectivity index (χ2v) is 4.18. The molecule has 0 unspecified atom stereocenters. The van der Waals surface area contributed by atoms with Crippen LogP contribution in [0.15, 0.2) is 29.2 Å². The molecule has 2 aromatic rings. The summed E-state index contributed by atoms with van der Waals surface area (Å²) in [6.45, 7) is 0. The van der Waals surface area contributed by atoms with Crippen LogP contribution in [0.25, 0.3) is 10.9 Å². The van der Waals surface area contributed by atoms with Crippen molar-refractivity contribution in [3.63, 3.8) is 0 Å². The fourth-order valence-corrected chi connectivity index (χ4v) is 1.97. The van der Waals surface area contributed by atoms with Gasteiger partial charge in [-0.1, -0.05) is 0 Å². The molecule has 4 nitrogen and oxygen atoms in total. The van der Waals surface area contributed by atoms with Gasteiger partial charge in [-0.2, -0.15) is 0 Å². The summed E-state index contributed by atoms with van der Waals surface area (Å²) in [6, 6.07) is 4.69. The fourth-order valence-electron chi connectivity index (χ4n) is 1.97. The van der Waals surface area contributed by atoms with Crippen LogP contribution in [-0.2, 0) is 0 Å². The number of fused-ring (bicyclic) bond motifs is 1. The van der Waals surface area contributed by atoms with Crippen molar-refractivity contribution in [3.05, 3.63) is 34.6 Å². The predicted molar refractivity (Wildman–Crippen MR) is 59.8 cm³/mol. The normalized spacial score (nSPS) is 15.5. The SMILES string of the molecule is O=c1ccn(C2CC2)c2cc(O)c(O)cc12. The van der Waals surface area contributed by atoms with Crippen LogP contribution < -0.4 is 5.43 Å². The highest BCUT2D eigenvalue weighted by Gasteiger charge is 2.24. The maximum absolute atomic E-state index is 11.6. The molecule has 16 heavy (non-hydrogen) atoms. The van der Waals surface area contributed by atoms with Crippen LogP contribution in [0, 0.1) is 0 Å². The minimum absolute atomic E-state index is 0.137. The van der Waals surface area contributed by atoms with Crippen LogP contribution in [0.4, 0.5) is 0 Å². The summed E-state index contributed by atoms with van der Waals surface area (Å²) in [4.78, 5) is 11.6. The van der Waals surface area contributed by atoms with E-state index in [0.717, 1.165) is 12.8 Å². The molecular weight excluding hydrogens is 206 g/mol. The molecule has 0 radical (unpaired) electrons. The second-order valence-electron chi connectivity index (χ2n) is 4.18. The molecule has 0 amide bonds. The van der Waals surface area contributed by atoms with E-state index >= 15 is 0 Å². The Labute approximate surface area is 91.4 Å². The lowest BCUT2D eigenvalue weighted by molar-refractivity contribution is 0.404. The predicted octanol–water partition coefficient (Wildman–Crippen LogP) is 1.75. The number of hydrogen-bond donors (Lipinski definition) is 2. The zero-order valence-electron chi connectivity index (χ0n) is 8.55. The summed E-state index contributed by atoms with van der Waals surface area (Å²) in [7, 11) is 0. The van der Waals surface area contributed by atoms with Crippen LogP contribution in [-0.4, -0.2) is 14.8 Å². The first-order valence-corrected chi connectivity index (χ1v) is 5.23. The number of phenolic OH excluding ortho intramolecular Hbond substituents is 2. The van der Waals surface area contributed by atoms with Crippen molar-refractivity contribution in [3.8, 4) is 11.5 Å². The zero-order valence-corrected chi connectivity index (χ0v) is 8.55. The molecule has 0 atom stereocenters. The van der Waals surface area contributed by atoms with E-state index in [1.165, 1.54) is 18.2 Å². The lowest BCUT2D eigenvalue weighted by Crippen LogP contribution is -2.06. The molecule has 82 valence electrons. The Balaban J connectivity index is 2.42. The van der Waals surface area contributed by atoms with E-state index in [-0.39, 0.29) is 16.9 Å². The third-order valence-corrected chi connectivity index (χ3v) is 2.96. The van der Waals surface area contributed by atoms with E-state index in [4.69, 9.17) is 0 Å². The number of nitrogens with zero attached hydrogens (tertiary/aromatic N) is 1. The van der Waals surface area contributed by atoms with Crippen molar-refractivity contribution < 1.29 is 10.2 Å². The molecule has 1 aromatic heterocycles. The molecule has 1 saturated carbocycles. The first-order chi connectivity index (χ1) is 7.66. The van der Waals surface area contributed by atoms with Gasteiger partial charge in [-0.3, -0.25) is 4.79 Å². The van der Waals surface area contributed by atoms with Gasteiger partial charge in [0.15, 0.2) is 16.9 Å². The van der Waals surface area contributed by atoms with E-state index in [1.807, 2.05) is 4.57 Å². The first kappa shape index (κ1) is 9.27. The van der Waals surface area contributed by atoms with Crippen LogP contribution in [0.3, 0.4) is 0 Å². The molecule has 0 aliphatic heterocycles. The molecule has 2 N–H and O–H groups in total. The van der Waals surface area contributed by atoms with Gasteiger partial charge in [-0.05, 0) is 18.9 Å². The molecule has 0 spiro atoms. The molecule has 0 saturated heterocycles. The van der Waals surface area contributed by atoms with Crippen molar-refractivity contribution in [1.82, 2.24) is 4.57 Å². The highest BCUT2D eigenvalue weighted by atomic mass is 16.3. The summed E-state index contributed by atoms with van der Waals surface area (Å²) in [6.07, 6.45) is 3.94. The van der Waals surface area contributed by atoms with Gasteiger partial charge in [0.2, 0.25) is 0 Å². The minimum Gasteiger partial charge on any atom is -0.504 e. The number of rotatable bonds is 1. The molecule has 3 rings (SSSR count). The van der Waals surface area contributed by atoms with Gasteiger partial charge in [0, 0.05) is 29.8 Å².